The highest BCUT2D eigenvalue weighted by atomic mass is 16.7. The van der Waals surface area contributed by atoms with Gasteiger partial charge < -0.3 is 24.8 Å². The molecule has 182 valence electrons. The number of benzene rings is 3. The molecule has 3 rings (SSSR count). The van der Waals surface area contributed by atoms with E-state index in [9.17, 15) is 14.4 Å². The van der Waals surface area contributed by atoms with Gasteiger partial charge in [-0.15, -0.1) is 0 Å². The van der Waals surface area contributed by atoms with E-state index in [1.165, 1.54) is 12.1 Å². The zero-order chi connectivity index (χ0) is 25.0. The number of anilines is 1. The molecule has 0 aliphatic rings. The highest BCUT2D eigenvalue weighted by Gasteiger charge is 2.12. The zero-order valence-corrected chi connectivity index (χ0v) is 19.7. The molecule has 3 aromatic carbocycles. The molecular weight excluding hydrogens is 448 g/mol. The maximum absolute atomic E-state index is 12.7. The molecule has 0 aliphatic carbocycles. The Bertz CT molecular complexity index is 1160. The second-order valence-electron chi connectivity index (χ2n) is 7.51. The van der Waals surface area contributed by atoms with E-state index in [0.717, 1.165) is 16.9 Å². The summed E-state index contributed by atoms with van der Waals surface area (Å²) in [6.07, 6.45) is 0.0720. The second kappa shape index (κ2) is 12.8. The molecule has 0 radical (unpaired) electrons. The van der Waals surface area contributed by atoms with Gasteiger partial charge in [0.2, 0.25) is 5.91 Å². The standard InChI is InChI=1S/C27H28N2O6/c1-3-34-27(32)35-22-15-12-20(13-16-22)26(31)29-23-10-6-4-9-21(23)18-28-25(30)17-14-19-8-5-7-11-24(19)33-2/h4-13,15-16H,3,14,17-18H2,1-2H3,(H,28,30)(H,29,31). The van der Waals surface area contributed by atoms with E-state index in [1.807, 2.05) is 36.4 Å². The minimum atomic E-state index is -0.802. The molecule has 8 heteroatoms. The molecule has 8 nitrogen and oxygen atoms in total. The third kappa shape index (κ3) is 7.60. The van der Waals surface area contributed by atoms with Crippen molar-refractivity contribution in [2.75, 3.05) is 19.0 Å². The number of hydrogen-bond acceptors (Lipinski definition) is 6. The predicted molar refractivity (Wildman–Crippen MR) is 132 cm³/mol. The summed E-state index contributed by atoms with van der Waals surface area (Å²) in [4.78, 5) is 36.5. The normalized spacial score (nSPS) is 10.2. The van der Waals surface area contributed by atoms with E-state index < -0.39 is 6.16 Å². The van der Waals surface area contributed by atoms with Gasteiger partial charge in [0.1, 0.15) is 11.5 Å². The van der Waals surface area contributed by atoms with Crippen LogP contribution in [0.4, 0.5) is 10.5 Å². The summed E-state index contributed by atoms with van der Waals surface area (Å²) in [7, 11) is 1.61. The number of para-hydroxylation sites is 2. The van der Waals surface area contributed by atoms with Gasteiger partial charge in [-0.25, -0.2) is 4.79 Å². The fraction of sp³-hybridized carbons (Fsp3) is 0.222. The third-order valence-corrected chi connectivity index (χ3v) is 5.14. The van der Waals surface area contributed by atoms with E-state index in [4.69, 9.17) is 14.2 Å². The van der Waals surface area contributed by atoms with Crippen LogP contribution in [-0.4, -0.2) is 31.7 Å². The highest BCUT2D eigenvalue weighted by molar-refractivity contribution is 6.04. The number of aryl methyl sites for hydroxylation is 1. The molecule has 2 N–H and O–H groups in total. The molecule has 0 atom stereocenters. The van der Waals surface area contributed by atoms with Crippen LogP contribution in [0.2, 0.25) is 0 Å². The Hall–Kier alpha value is -4.33. The number of ether oxygens (including phenoxy) is 3. The van der Waals surface area contributed by atoms with Gasteiger partial charge in [-0.05, 0) is 60.9 Å². The Morgan fingerprint density at radius 3 is 2.26 bits per heavy atom. The van der Waals surface area contributed by atoms with Crippen LogP contribution in [-0.2, 0) is 22.5 Å². The first-order chi connectivity index (χ1) is 17.0. The maximum Gasteiger partial charge on any atom is 0.513 e. The van der Waals surface area contributed by atoms with Crippen LogP contribution in [0.15, 0.2) is 72.8 Å². The molecular formula is C27H28N2O6. The van der Waals surface area contributed by atoms with E-state index in [-0.39, 0.29) is 30.7 Å². The Morgan fingerprint density at radius 2 is 1.54 bits per heavy atom. The van der Waals surface area contributed by atoms with Gasteiger partial charge in [0, 0.05) is 24.2 Å². The van der Waals surface area contributed by atoms with Crippen molar-refractivity contribution in [3.05, 3.63) is 89.5 Å². The first-order valence-corrected chi connectivity index (χ1v) is 11.2. The summed E-state index contributed by atoms with van der Waals surface area (Å²) < 4.78 is 15.1. The first kappa shape index (κ1) is 25.3. The number of rotatable bonds is 10. The monoisotopic (exact) mass is 476 g/mol. The zero-order valence-electron chi connectivity index (χ0n) is 19.7. The first-order valence-electron chi connectivity index (χ1n) is 11.2. The fourth-order valence-electron chi connectivity index (χ4n) is 3.35. The van der Waals surface area contributed by atoms with Crippen LogP contribution in [0.5, 0.6) is 11.5 Å². The van der Waals surface area contributed by atoms with Gasteiger partial charge >= 0.3 is 6.16 Å². The molecule has 35 heavy (non-hydrogen) atoms. The molecule has 0 spiro atoms. The quantitative estimate of drug-likeness (QED) is 0.324. The third-order valence-electron chi connectivity index (χ3n) is 5.14. The van der Waals surface area contributed by atoms with Gasteiger partial charge in [-0.2, -0.15) is 0 Å². The van der Waals surface area contributed by atoms with Crippen LogP contribution >= 0.6 is 0 Å². The largest absolute Gasteiger partial charge is 0.513 e. The summed E-state index contributed by atoms with van der Waals surface area (Å²) in [5.41, 5.74) is 2.72. The lowest BCUT2D eigenvalue weighted by Gasteiger charge is -2.13. The van der Waals surface area contributed by atoms with Gasteiger partial charge in [-0.3, -0.25) is 9.59 Å². The Kier molecular flexibility index (Phi) is 9.24. The van der Waals surface area contributed by atoms with Crippen LogP contribution in [0.1, 0.15) is 34.8 Å². The molecule has 0 fully saturated rings. The molecule has 3 aromatic rings. The van der Waals surface area contributed by atoms with Crippen molar-refractivity contribution in [3.63, 3.8) is 0 Å². The van der Waals surface area contributed by atoms with Crippen LogP contribution in [0.25, 0.3) is 0 Å². The number of nitrogens with one attached hydrogen (secondary N) is 2. The van der Waals surface area contributed by atoms with E-state index >= 15 is 0 Å². The smallest absolute Gasteiger partial charge is 0.496 e. The lowest BCUT2D eigenvalue weighted by Crippen LogP contribution is -2.24. The van der Waals surface area contributed by atoms with Crippen LogP contribution in [0.3, 0.4) is 0 Å². The Labute approximate surface area is 204 Å². The molecule has 2 amide bonds. The fourth-order valence-corrected chi connectivity index (χ4v) is 3.35. The summed E-state index contributed by atoms with van der Waals surface area (Å²) in [6.45, 7) is 2.16. The lowest BCUT2D eigenvalue weighted by molar-refractivity contribution is -0.121. The number of carbonyl (C=O) groups excluding carboxylic acids is 3. The second-order valence-corrected chi connectivity index (χ2v) is 7.51. The van der Waals surface area contributed by atoms with Crippen molar-refractivity contribution in [1.29, 1.82) is 0 Å². The summed E-state index contributed by atoms with van der Waals surface area (Å²) >= 11 is 0. The van der Waals surface area contributed by atoms with Gasteiger partial charge in [0.15, 0.2) is 0 Å². The van der Waals surface area contributed by atoms with Crippen molar-refractivity contribution in [2.45, 2.75) is 26.3 Å². The average Bonchev–Trinajstić information content (AvgIpc) is 2.87. The van der Waals surface area contributed by atoms with Crippen LogP contribution in [0, 0.1) is 0 Å². The van der Waals surface area contributed by atoms with Gasteiger partial charge in [-0.1, -0.05) is 36.4 Å². The summed E-state index contributed by atoms with van der Waals surface area (Å²) in [6, 6.07) is 21.0. The van der Waals surface area contributed by atoms with E-state index in [1.54, 1.807) is 38.3 Å². The minimum Gasteiger partial charge on any atom is -0.496 e. The molecule has 0 saturated heterocycles. The molecule has 0 unspecified atom stereocenters. The Balaban J connectivity index is 1.55. The van der Waals surface area contributed by atoms with Crippen LogP contribution < -0.4 is 20.1 Å². The van der Waals surface area contributed by atoms with Gasteiger partial charge in [0.05, 0.1) is 13.7 Å². The highest BCUT2D eigenvalue weighted by Crippen LogP contribution is 2.20. The maximum atomic E-state index is 12.7. The Morgan fingerprint density at radius 1 is 0.857 bits per heavy atom. The number of methoxy groups -OCH3 is 1. The molecule has 0 aliphatic heterocycles. The van der Waals surface area contributed by atoms with Crippen molar-refractivity contribution >= 4 is 23.7 Å². The predicted octanol–water partition coefficient (Wildman–Crippen LogP) is 4.73. The van der Waals surface area contributed by atoms with Gasteiger partial charge in [0.25, 0.3) is 5.91 Å². The van der Waals surface area contributed by atoms with Crippen molar-refractivity contribution in [1.82, 2.24) is 5.32 Å². The topological polar surface area (TPSA) is 103 Å². The molecule has 0 bridgehead atoms. The minimum absolute atomic E-state index is 0.103. The lowest BCUT2D eigenvalue weighted by atomic mass is 10.1. The average molecular weight is 477 g/mol. The SMILES string of the molecule is CCOC(=O)Oc1ccc(C(=O)Nc2ccccc2CNC(=O)CCc2ccccc2OC)cc1. The van der Waals surface area contributed by atoms with E-state index in [2.05, 4.69) is 10.6 Å². The van der Waals surface area contributed by atoms with Crippen molar-refractivity contribution in [3.8, 4) is 11.5 Å². The van der Waals surface area contributed by atoms with E-state index in [0.29, 0.717) is 24.1 Å². The summed E-state index contributed by atoms with van der Waals surface area (Å²) in [5, 5.41) is 5.77. The number of amides is 2. The molecule has 0 heterocycles. The summed E-state index contributed by atoms with van der Waals surface area (Å²) in [5.74, 6) is 0.599. The molecule has 0 aromatic heterocycles. The van der Waals surface area contributed by atoms with Crippen molar-refractivity contribution < 1.29 is 28.6 Å². The number of hydrogen-bond donors (Lipinski definition) is 2. The molecule has 0 saturated carbocycles. The number of carbonyl (C=O) groups is 3. The van der Waals surface area contributed by atoms with Crippen molar-refractivity contribution in [2.24, 2.45) is 0 Å².